The number of nitrogens with zero attached hydrogens (tertiary/aromatic N) is 3. The molecule has 0 radical (unpaired) electrons. The maximum Gasteiger partial charge on any atom is 0.219 e. The molecule has 5 heteroatoms. The molecular formula is C13H19N3O2. The van der Waals surface area contributed by atoms with Gasteiger partial charge >= 0.3 is 0 Å². The van der Waals surface area contributed by atoms with Crippen molar-refractivity contribution >= 4 is 11.6 Å². The molecule has 1 aromatic heterocycles. The lowest BCUT2D eigenvalue weighted by molar-refractivity contribution is -0.129. The SMILES string of the molecule is CC(=O)N1CCN(c2ccc([C@H](C)O)nc2)CC1. The summed E-state index contributed by atoms with van der Waals surface area (Å²) in [5, 5.41) is 9.40. The third kappa shape index (κ3) is 2.79. The van der Waals surface area contributed by atoms with Gasteiger partial charge in [-0.25, -0.2) is 0 Å². The number of carbonyl (C=O) groups excluding carboxylic acids is 1. The average Bonchev–Trinajstić information content (AvgIpc) is 2.39. The Kier molecular flexibility index (Phi) is 3.81. The molecule has 2 heterocycles. The predicted molar refractivity (Wildman–Crippen MR) is 69.3 cm³/mol. The first-order chi connectivity index (χ1) is 8.58. The fourth-order valence-corrected chi connectivity index (χ4v) is 2.11. The van der Waals surface area contributed by atoms with Crippen LogP contribution in [0, 0.1) is 0 Å². The van der Waals surface area contributed by atoms with Crippen molar-refractivity contribution in [1.29, 1.82) is 0 Å². The van der Waals surface area contributed by atoms with Crippen LogP contribution in [0.5, 0.6) is 0 Å². The number of piperazine rings is 1. The summed E-state index contributed by atoms with van der Waals surface area (Å²) in [6, 6.07) is 3.82. The van der Waals surface area contributed by atoms with Crippen LogP contribution in [-0.2, 0) is 4.79 Å². The maximum absolute atomic E-state index is 11.2. The van der Waals surface area contributed by atoms with E-state index >= 15 is 0 Å². The molecule has 1 saturated heterocycles. The summed E-state index contributed by atoms with van der Waals surface area (Å²) in [5.74, 6) is 0.136. The first-order valence-corrected chi connectivity index (χ1v) is 6.22. The molecule has 98 valence electrons. The second-order valence-electron chi connectivity index (χ2n) is 4.61. The van der Waals surface area contributed by atoms with Gasteiger partial charge in [-0.05, 0) is 19.1 Å². The molecule has 0 aliphatic carbocycles. The zero-order valence-corrected chi connectivity index (χ0v) is 10.8. The van der Waals surface area contributed by atoms with Crippen LogP contribution in [0.4, 0.5) is 5.69 Å². The van der Waals surface area contributed by atoms with E-state index in [4.69, 9.17) is 0 Å². The third-order valence-corrected chi connectivity index (χ3v) is 3.29. The molecule has 1 N–H and O–H groups in total. The molecule has 1 amide bonds. The quantitative estimate of drug-likeness (QED) is 0.842. The number of carbonyl (C=O) groups is 1. The van der Waals surface area contributed by atoms with Gasteiger partial charge in [-0.1, -0.05) is 0 Å². The average molecular weight is 249 g/mol. The lowest BCUT2D eigenvalue weighted by atomic mass is 10.2. The Morgan fingerprint density at radius 1 is 1.33 bits per heavy atom. The highest BCUT2D eigenvalue weighted by Gasteiger charge is 2.18. The lowest BCUT2D eigenvalue weighted by Crippen LogP contribution is -2.48. The van der Waals surface area contributed by atoms with Gasteiger partial charge in [0.15, 0.2) is 0 Å². The van der Waals surface area contributed by atoms with Crippen molar-refractivity contribution in [2.75, 3.05) is 31.1 Å². The lowest BCUT2D eigenvalue weighted by Gasteiger charge is -2.35. The van der Waals surface area contributed by atoms with E-state index in [1.54, 1.807) is 20.0 Å². The third-order valence-electron chi connectivity index (χ3n) is 3.29. The van der Waals surface area contributed by atoms with Crippen LogP contribution in [0.3, 0.4) is 0 Å². The maximum atomic E-state index is 11.2. The number of hydrogen-bond donors (Lipinski definition) is 1. The first kappa shape index (κ1) is 12.8. The van der Waals surface area contributed by atoms with Crippen LogP contribution in [0.15, 0.2) is 18.3 Å². The molecule has 2 rings (SSSR count). The zero-order chi connectivity index (χ0) is 13.1. The molecule has 0 spiro atoms. The van der Waals surface area contributed by atoms with Crippen LogP contribution < -0.4 is 4.90 Å². The smallest absolute Gasteiger partial charge is 0.219 e. The molecule has 1 aliphatic rings. The van der Waals surface area contributed by atoms with Gasteiger partial charge < -0.3 is 14.9 Å². The summed E-state index contributed by atoms with van der Waals surface area (Å²) in [4.78, 5) is 19.5. The van der Waals surface area contributed by atoms with Gasteiger partial charge in [-0.15, -0.1) is 0 Å². The summed E-state index contributed by atoms with van der Waals surface area (Å²) in [6.45, 7) is 6.48. The fourth-order valence-electron chi connectivity index (χ4n) is 2.11. The normalized spacial score (nSPS) is 17.7. The van der Waals surface area contributed by atoms with E-state index in [1.807, 2.05) is 17.0 Å². The van der Waals surface area contributed by atoms with Crippen LogP contribution in [0.25, 0.3) is 0 Å². The molecule has 1 aromatic rings. The molecule has 1 aliphatic heterocycles. The molecule has 0 bridgehead atoms. The highest BCUT2D eigenvalue weighted by atomic mass is 16.3. The highest BCUT2D eigenvalue weighted by molar-refractivity contribution is 5.73. The van der Waals surface area contributed by atoms with Crippen molar-refractivity contribution in [1.82, 2.24) is 9.88 Å². The molecule has 0 aromatic carbocycles. The molecule has 0 unspecified atom stereocenters. The Balaban J connectivity index is 1.99. The number of amides is 1. The van der Waals surface area contributed by atoms with Crippen LogP contribution in [0.2, 0.25) is 0 Å². The topological polar surface area (TPSA) is 56.7 Å². The number of aliphatic hydroxyl groups is 1. The van der Waals surface area contributed by atoms with E-state index in [1.165, 1.54) is 0 Å². The van der Waals surface area contributed by atoms with Crippen molar-refractivity contribution < 1.29 is 9.90 Å². The molecular weight excluding hydrogens is 230 g/mol. The second kappa shape index (κ2) is 5.35. The monoisotopic (exact) mass is 249 g/mol. The van der Waals surface area contributed by atoms with Gasteiger partial charge in [0.1, 0.15) is 0 Å². The zero-order valence-electron chi connectivity index (χ0n) is 10.8. The standard InChI is InChI=1S/C13H19N3O2/c1-10(17)13-4-3-12(9-14-13)16-7-5-15(6-8-16)11(2)18/h3-4,9-10,17H,5-8H2,1-2H3/t10-/m0/s1. The number of pyridine rings is 1. The number of aromatic nitrogens is 1. The van der Waals surface area contributed by atoms with Gasteiger partial charge in [-0.2, -0.15) is 0 Å². The van der Waals surface area contributed by atoms with Gasteiger partial charge in [0.25, 0.3) is 0 Å². The van der Waals surface area contributed by atoms with Crippen LogP contribution >= 0.6 is 0 Å². The number of hydrogen-bond acceptors (Lipinski definition) is 4. The number of anilines is 1. The van der Waals surface area contributed by atoms with Crippen molar-refractivity contribution in [2.45, 2.75) is 20.0 Å². The minimum atomic E-state index is -0.534. The predicted octanol–water partition coefficient (Wildman–Crippen LogP) is 0.803. The molecule has 0 saturated carbocycles. The minimum Gasteiger partial charge on any atom is -0.387 e. The highest BCUT2D eigenvalue weighted by Crippen LogP contribution is 2.17. The van der Waals surface area contributed by atoms with Crippen LogP contribution in [0.1, 0.15) is 25.6 Å². The Bertz CT molecular complexity index is 409. The van der Waals surface area contributed by atoms with Gasteiger partial charge in [0.2, 0.25) is 5.91 Å². The Hall–Kier alpha value is -1.62. The molecule has 5 nitrogen and oxygen atoms in total. The summed E-state index contributed by atoms with van der Waals surface area (Å²) in [7, 11) is 0. The van der Waals surface area contributed by atoms with E-state index in [0.717, 1.165) is 31.9 Å². The molecule has 18 heavy (non-hydrogen) atoms. The fraction of sp³-hybridized carbons (Fsp3) is 0.538. The molecule has 1 fully saturated rings. The number of rotatable bonds is 2. The summed E-state index contributed by atoms with van der Waals surface area (Å²) >= 11 is 0. The van der Waals surface area contributed by atoms with Crippen molar-refractivity contribution in [2.24, 2.45) is 0 Å². The Morgan fingerprint density at radius 2 is 2.00 bits per heavy atom. The largest absolute Gasteiger partial charge is 0.387 e. The van der Waals surface area contributed by atoms with Gasteiger partial charge in [-0.3, -0.25) is 9.78 Å². The van der Waals surface area contributed by atoms with E-state index in [2.05, 4.69) is 9.88 Å². The van der Waals surface area contributed by atoms with E-state index in [0.29, 0.717) is 5.69 Å². The van der Waals surface area contributed by atoms with Crippen molar-refractivity contribution in [3.8, 4) is 0 Å². The van der Waals surface area contributed by atoms with E-state index in [9.17, 15) is 9.90 Å². The minimum absolute atomic E-state index is 0.136. The van der Waals surface area contributed by atoms with Crippen molar-refractivity contribution in [3.63, 3.8) is 0 Å². The number of aliphatic hydroxyl groups excluding tert-OH is 1. The summed E-state index contributed by atoms with van der Waals surface area (Å²) < 4.78 is 0. The Labute approximate surface area is 107 Å². The van der Waals surface area contributed by atoms with E-state index in [-0.39, 0.29) is 5.91 Å². The van der Waals surface area contributed by atoms with E-state index < -0.39 is 6.10 Å². The summed E-state index contributed by atoms with van der Waals surface area (Å²) in [6.07, 6.45) is 1.25. The molecule has 1 atom stereocenters. The van der Waals surface area contributed by atoms with Crippen LogP contribution in [-0.4, -0.2) is 47.1 Å². The van der Waals surface area contributed by atoms with Crippen molar-refractivity contribution in [3.05, 3.63) is 24.0 Å². The first-order valence-electron chi connectivity index (χ1n) is 6.22. The Morgan fingerprint density at radius 3 is 2.44 bits per heavy atom. The second-order valence-corrected chi connectivity index (χ2v) is 4.61. The summed E-state index contributed by atoms with van der Waals surface area (Å²) in [5.41, 5.74) is 1.73. The van der Waals surface area contributed by atoms with Gasteiger partial charge in [0, 0.05) is 33.1 Å². The van der Waals surface area contributed by atoms with Gasteiger partial charge in [0.05, 0.1) is 23.7 Å².